The number of nitrogens with two attached hydrogens (primary N) is 1. The maximum atomic E-state index is 12.7. The van der Waals surface area contributed by atoms with Crippen molar-refractivity contribution in [3.8, 4) is 0 Å². The minimum atomic E-state index is -3.59. The number of aliphatic hydroxyl groups excluding tert-OH is 1. The van der Waals surface area contributed by atoms with Crippen molar-refractivity contribution >= 4 is 15.7 Å². The molecular formula is C15H26N2O3S. The summed E-state index contributed by atoms with van der Waals surface area (Å²) in [7, 11) is -2.06. The fourth-order valence-electron chi connectivity index (χ4n) is 2.20. The van der Waals surface area contributed by atoms with Crippen molar-refractivity contribution in [2.45, 2.75) is 51.0 Å². The lowest BCUT2D eigenvalue weighted by atomic mass is 10.1. The summed E-state index contributed by atoms with van der Waals surface area (Å²) in [6, 6.07) is 3.55. The molecule has 1 aromatic rings. The average Bonchev–Trinajstić information content (AvgIpc) is 2.43. The van der Waals surface area contributed by atoms with Crippen molar-refractivity contribution in [3.05, 3.63) is 23.3 Å². The number of aliphatic hydroxyl groups is 1. The molecule has 0 saturated carbocycles. The van der Waals surface area contributed by atoms with Crippen molar-refractivity contribution in [3.63, 3.8) is 0 Å². The Bertz CT molecular complexity index is 583. The first-order valence-electron chi connectivity index (χ1n) is 7.29. The van der Waals surface area contributed by atoms with Gasteiger partial charge in [-0.15, -0.1) is 0 Å². The van der Waals surface area contributed by atoms with E-state index in [2.05, 4.69) is 0 Å². The quantitative estimate of drug-likeness (QED) is 0.752. The lowest BCUT2D eigenvalue weighted by molar-refractivity contribution is 0.177. The first kappa shape index (κ1) is 17.9. The molecule has 1 atom stereocenters. The molecule has 5 nitrogen and oxygen atoms in total. The molecule has 0 aliphatic carbocycles. The Labute approximate surface area is 127 Å². The van der Waals surface area contributed by atoms with Gasteiger partial charge in [-0.05, 0) is 49.4 Å². The zero-order valence-electron chi connectivity index (χ0n) is 13.3. The van der Waals surface area contributed by atoms with Crippen molar-refractivity contribution in [1.82, 2.24) is 4.31 Å². The Hall–Kier alpha value is -1.11. The van der Waals surface area contributed by atoms with Crippen LogP contribution in [0.1, 0.15) is 38.3 Å². The van der Waals surface area contributed by atoms with Gasteiger partial charge in [-0.25, -0.2) is 12.7 Å². The zero-order chi connectivity index (χ0) is 16.2. The number of nitrogens with zero attached hydrogens (tertiary/aromatic N) is 1. The number of hydrogen-bond acceptors (Lipinski definition) is 4. The molecule has 0 saturated heterocycles. The third kappa shape index (κ3) is 4.18. The minimum Gasteiger partial charge on any atom is -0.398 e. The molecule has 1 aromatic carbocycles. The second kappa shape index (κ2) is 7.24. The van der Waals surface area contributed by atoms with E-state index in [0.29, 0.717) is 24.1 Å². The normalized spacial score (nSPS) is 13.6. The van der Waals surface area contributed by atoms with Gasteiger partial charge < -0.3 is 10.8 Å². The van der Waals surface area contributed by atoms with Crippen LogP contribution in [0, 0.1) is 0 Å². The van der Waals surface area contributed by atoms with E-state index >= 15 is 0 Å². The minimum absolute atomic E-state index is 0.277. The van der Waals surface area contributed by atoms with Gasteiger partial charge in [0.15, 0.2) is 0 Å². The maximum absolute atomic E-state index is 12.7. The van der Waals surface area contributed by atoms with E-state index in [4.69, 9.17) is 5.73 Å². The maximum Gasteiger partial charge on any atom is 0.243 e. The second-order valence-electron chi connectivity index (χ2n) is 5.33. The highest BCUT2D eigenvalue weighted by Gasteiger charge is 2.25. The summed E-state index contributed by atoms with van der Waals surface area (Å²) >= 11 is 0. The highest BCUT2D eigenvalue weighted by atomic mass is 32.2. The second-order valence-corrected chi connectivity index (χ2v) is 7.35. The van der Waals surface area contributed by atoms with Gasteiger partial charge in [0.2, 0.25) is 10.0 Å². The van der Waals surface area contributed by atoms with E-state index in [1.165, 1.54) is 11.4 Å². The standard InChI is InChI=1S/C15H26N2O3S/c1-5-12-9-14(16)13(6-2)15(10-12)21(19,20)17(4)8-7-11(3)18/h9-11,18H,5-8,16H2,1-4H3. The van der Waals surface area contributed by atoms with Gasteiger partial charge in [0, 0.05) is 19.3 Å². The Kier molecular flexibility index (Phi) is 6.19. The van der Waals surface area contributed by atoms with Crippen LogP contribution in [0.3, 0.4) is 0 Å². The van der Waals surface area contributed by atoms with Gasteiger partial charge in [-0.2, -0.15) is 0 Å². The van der Waals surface area contributed by atoms with Crippen LogP contribution in [0.25, 0.3) is 0 Å². The lowest BCUT2D eigenvalue weighted by Gasteiger charge is -2.21. The van der Waals surface area contributed by atoms with Crippen molar-refractivity contribution in [2.24, 2.45) is 0 Å². The third-order valence-electron chi connectivity index (χ3n) is 3.62. The number of aryl methyl sites for hydroxylation is 1. The van der Waals surface area contributed by atoms with Gasteiger partial charge in [0.05, 0.1) is 11.0 Å². The van der Waals surface area contributed by atoms with Crippen LogP contribution in [0.2, 0.25) is 0 Å². The van der Waals surface area contributed by atoms with E-state index in [1.807, 2.05) is 19.9 Å². The van der Waals surface area contributed by atoms with Gasteiger partial charge in [0.25, 0.3) is 0 Å². The van der Waals surface area contributed by atoms with Crippen LogP contribution in [0.4, 0.5) is 5.69 Å². The summed E-state index contributed by atoms with van der Waals surface area (Å²) in [6.07, 6.45) is 1.17. The fourth-order valence-corrected chi connectivity index (χ4v) is 3.75. The van der Waals surface area contributed by atoms with Crippen LogP contribution in [-0.4, -0.2) is 37.5 Å². The predicted molar refractivity (Wildman–Crippen MR) is 85.7 cm³/mol. The zero-order valence-corrected chi connectivity index (χ0v) is 14.1. The lowest BCUT2D eigenvalue weighted by Crippen LogP contribution is -2.30. The van der Waals surface area contributed by atoms with E-state index in [0.717, 1.165) is 12.0 Å². The first-order chi connectivity index (χ1) is 9.73. The monoisotopic (exact) mass is 314 g/mol. The first-order valence-corrected chi connectivity index (χ1v) is 8.73. The highest BCUT2D eigenvalue weighted by Crippen LogP contribution is 2.27. The molecule has 0 fully saturated rings. The summed E-state index contributed by atoms with van der Waals surface area (Å²) in [5, 5.41) is 9.32. The molecule has 1 unspecified atom stereocenters. The Morgan fingerprint density at radius 2 is 1.90 bits per heavy atom. The molecule has 0 amide bonds. The number of anilines is 1. The molecule has 0 aliphatic rings. The Balaban J connectivity index is 3.26. The van der Waals surface area contributed by atoms with Crippen LogP contribution in [-0.2, 0) is 22.9 Å². The van der Waals surface area contributed by atoms with Gasteiger partial charge in [0.1, 0.15) is 0 Å². The summed E-state index contributed by atoms with van der Waals surface area (Å²) in [6.45, 7) is 5.78. The molecule has 0 heterocycles. The van der Waals surface area contributed by atoms with Crippen LogP contribution in [0.15, 0.2) is 17.0 Å². The summed E-state index contributed by atoms with van der Waals surface area (Å²) in [4.78, 5) is 0.287. The molecule has 0 aliphatic heterocycles. The van der Waals surface area contributed by atoms with E-state index in [1.54, 1.807) is 13.0 Å². The number of rotatable bonds is 7. The Morgan fingerprint density at radius 3 is 2.38 bits per heavy atom. The number of sulfonamides is 1. The van der Waals surface area contributed by atoms with E-state index in [-0.39, 0.29) is 11.4 Å². The molecule has 6 heteroatoms. The molecule has 0 bridgehead atoms. The summed E-state index contributed by atoms with van der Waals surface area (Å²) < 4.78 is 26.8. The molecule has 21 heavy (non-hydrogen) atoms. The smallest absolute Gasteiger partial charge is 0.243 e. The highest BCUT2D eigenvalue weighted by molar-refractivity contribution is 7.89. The van der Waals surface area contributed by atoms with Crippen molar-refractivity contribution < 1.29 is 13.5 Å². The molecule has 0 aromatic heterocycles. The number of hydrogen-bond donors (Lipinski definition) is 2. The third-order valence-corrected chi connectivity index (χ3v) is 5.54. The number of benzene rings is 1. The largest absolute Gasteiger partial charge is 0.398 e. The van der Waals surface area contributed by atoms with Crippen LogP contribution < -0.4 is 5.73 Å². The molecule has 0 spiro atoms. The molecule has 1 rings (SSSR count). The summed E-state index contributed by atoms with van der Waals surface area (Å²) in [5.74, 6) is 0. The average molecular weight is 314 g/mol. The van der Waals surface area contributed by atoms with Crippen molar-refractivity contribution in [1.29, 1.82) is 0 Å². The SMILES string of the molecule is CCc1cc(N)c(CC)c(S(=O)(=O)N(C)CCC(C)O)c1. The topological polar surface area (TPSA) is 83.6 Å². The van der Waals surface area contributed by atoms with Gasteiger partial charge >= 0.3 is 0 Å². The molecule has 120 valence electrons. The van der Waals surface area contributed by atoms with Gasteiger partial charge in [-0.3, -0.25) is 0 Å². The molecule has 3 N–H and O–H groups in total. The van der Waals surface area contributed by atoms with Crippen molar-refractivity contribution in [2.75, 3.05) is 19.3 Å². The fraction of sp³-hybridized carbons (Fsp3) is 0.600. The van der Waals surface area contributed by atoms with Crippen LogP contribution in [0.5, 0.6) is 0 Å². The molecular weight excluding hydrogens is 288 g/mol. The van der Waals surface area contributed by atoms with E-state index in [9.17, 15) is 13.5 Å². The van der Waals surface area contributed by atoms with E-state index < -0.39 is 16.1 Å². The summed E-state index contributed by atoms with van der Waals surface area (Å²) in [5.41, 5.74) is 8.10. The van der Waals surface area contributed by atoms with Crippen LogP contribution >= 0.6 is 0 Å². The predicted octanol–water partition coefficient (Wildman–Crippen LogP) is 1.79. The molecule has 0 radical (unpaired) electrons. The Morgan fingerprint density at radius 1 is 1.29 bits per heavy atom. The van der Waals surface area contributed by atoms with Gasteiger partial charge in [-0.1, -0.05) is 13.8 Å². The number of nitrogen functional groups attached to an aromatic ring is 1.